The fourth-order valence-corrected chi connectivity index (χ4v) is 2.15. The average molecular weight is 220 g/mol. The van der Waals surface area contributed by atoms with Crippen molar-refractivity contribution in [1.29, 1.82) is 0 Å². The van der Waals surface area contributed by atoms with Gasteiger partial charge in [-0.15, -0.1) is 0 Å². The number of pyridine rings is 1. The maximum absolute atomic E-state index is 5.73. The lowest BCUT2D eigenvalue weighted by atomic mass is 10.2. The fourth-order valence-electron chi connectivity index (χ4n) is 2.15. The smallest absolute Gasteiger partial charge is 0.133 e. The molecule has 16 heavy (non-hydrogen) atoms. The van der Waals surface area contributed by atoms with Crippen LogP contribution >= 0.6 is 0 Å². The minimum atomic E-state index is 0.567. The van der Waals surface area contributed by atoms with E-state index >= 15 is 0 Å². The van der Waals surface area contributed by atoms with Crippen molar-refractivity contribution in [3.8, 4) is 0 Å². The largest absolute Gasteiger partial charge is 0.354 e. The molecular weight excluding hydrogens is 200 g/mol. The van der Waals surface area contributed by atoms with Crippen molar-refractivity contribution >= 4 is 5.82 Å². The standard InChI is InChI=1S/C12H20N4/c1-2-15-6-8-16(9-7-15)12-11(10-13)4-3-5-14-12/h3-5H,2,6-10,13H2,1H3. The number of aromatic nitrogens is 1. The molecule has 1 saturated heterocycles. The highest BCUT2D eigenvalue weighted by Crippen LogP contribution is 2.18. The molecule has 2 heterocycles. The van der Waals surface area contributed by atoms with Crippen LogP contribution < -0.4 is 10.6 Å². The predicted octanol–water partition coefficient (Wildman–Crippen LogP) is 0.682. The topological polar surface area (TPSA) is 45.4 Å². The highest BCUT2D eigenvalue weighted by Gasteiger charge is 2.18. The molecule has 1 aromatic heterocycles. The molecule has 0 bridgehead atoms. The first-order valence-corrected chi connectivity index (χ1v) is 5.96. The van der Waals surface area contributed by atoms with Gasteiger partial charge in [-0.25, -0.2) is 4.98 Å². The molecule has 0 atom stereocenters. The van der Waals surface area contributed by atoms with E-state index in [1.54, 1.807) is 0 Å². The zero-order chi connectivity index (χ0) is 11.4. The van der Waals surface area contributed by atoms with Crippen LogP contribution in [-0.4, -0.2) is 42.6 Å². The first-order valence-electron chi connectivity index (χ1n) is 5.96. The lowest BCUT2D eigenvalue weighted by Gasteiger charge is -2.35. The monoisotopic (exact) mass is 220 g/mol. The summed E-state index contributed by atoms with van der Waals surface area (Å²) >= 11 is 0. The summed E-state index contributed by atoms with van der Waals surface area (Å²) in [7, 11) is 0. The first kappa shape index (κ1) is 11.4. The third-order valence-electron chi connectivity index (χ3n) is 3.21. The molecule has 88 valence electrons. The number of nitrogens with two attached hydrogens (primary N) is 1. The Hall–Kier alpha value is -1.13. The maximum atomic E-state index is 5.73. The molecule has 0 amide bonds. The predicted molar refractivity (Wildman–Crippen MR) is 66.5 cm³/mol. The van der Waals surface area contributed by atoms with Gasteiger partial charge >= 0.3 is 0 Å². The molecule has 4 nitrogen and oxygen atoms in total. The molecule has 2 rings (SSSR count). The van der Waals surface area contributed by atoms with Crippen molar-refractivity contribution in [2.45, 2.75) is 13.5 Å². The van der Waals surface area contributed by atoms with Gasteiger partial charge in [0.2, 0.25) is 0 Å². The summed E-state index contributed by atoms with van der Waals surface area (Å²) < 4.78 is 0. The number of hydrogen-bond acceptors (Lipinski definition) is 4. The Morgan fingerprint density at radius 3 is 2.69 bits per heavy atom. The van der Waals surface area contributed by atoms with Crippen molar-refractivity contribution in [2.24, 2.45) is 5.73 Å². The first-order chi connectivity index (χ1) is 7.85. The lowest BCUT2D eigenvalue weighted by molar-refractivity contribution is 0.270. The fraction of sp³-hybridized carbons (Fsp3) is 0.583. The molecule has 0 radical (unpaired) electrons. The molecule has 0 unspecified atom stereocenters. The van der Waals surface area contributed by atoms with E-state index < -0.39 is 0 Å². The SMILES string of the molecule is CCN1CCN(c2ncccc2CN)CC1. The lowest BCUT2D eigenvalue weighted by Crippen LogP contribution is -2.46. The molecule has 1 aliphatic rings. The molecule has 0 aromatic carbocycles. The van der Waals surface area contributed by atoms with Crippen LogP contribution in [0.15, 0.2) is 18.3 Å². The Kier molecular flexibility index (Phi) is 3.74. The minimum Gasteiger partial charge on any atom is -0.354 e. The van der Waals surface area contributed by atoms with Gasteiger partial charge in [0.15, 0.2) is 0 Å². The van der Waals surface area contributed by atoms with Crippen molar-refractivity contribution in [3.63, 3.8) is 0 Å². The minimum absolute atomic E-state index is 0.567. The highest BCUT2D eigenvalue weighted by atomic mass is 15.3. The Morgan fingerprint density at radius 2 is 2.06 bits per heavy atom. The number of rotatable bonds is 3. The van der Waals surface area contributed by atoms with Gasteiger partial charge in [0.05, 0.1) is 0 Å². The summed E-state index contributed by atoms with van der Waals surface area (Å²) in [5.41, 5.74) is 6.88. The molecule has 0 spiro atoms. The Morgan fingerprint density at radius 1 is 1.31 bits per heavy atom. The van der Waals surface area contributed by atoms with E-state index in [9.17, 15) is 0 Å². The molecule has 1 aliphatic heterocycles. The highest BCUT2D eigenvalue weighted by molar-refractivity contribution is 5.47. The van der Waals surface area contributed by atoms with Gasteiger partial charge in [0.25, 0.3) is 0 Å². The normalized spacial score (nSPS) is 17.8. The molecule has 0 aliphatic carbocycles. The van der Waals surface area contributed by atoms with E-state index in [2.05, 4.69) is 27.8 Å². The van der Waals surface area contributed by atoms with Crippen LogP contribution in [0.25, 0.3) is 0 Å². The van der Waals surface area contributed by atoms with E-state index in [1.807, 2.05) is 12.3 Å². The van der Waals surface area contributed by atoms with Crippen LogP contribution in [0.1, 0.15) is 12.5 Å². The van der Waals surface area contributed by atoms with Crippen LogP contribution in [0.2, 0.25) is 0 Å². The van der Waals surface area contributed by atoms with E-state index in [-0.39, 0.29) is 0 Å². The van der Waals surface area contributed by atoms with Gasteiger partial charge in [-0.1, -0.05) is 13.0 Å². The molecule has 4 heteroatoms. The van der Waals surface area contributed by atoms with Crippen LogP contribution in [0.4, 0.5) is 5.82 Å². The van der Waals surface area contributed by atoms with Gasteiger partial charge in [-0.2, -0.15) is 0 Å². The number of hydrogen-bond donors (Lipinski definition) is 1. The van der Waals surface area contributed by atoms with E-state index in [1.165, 1.54) is 0 Å². The maximum Gasteiger partial charge on any atom is 0.133 e. The van der Waals surface area contributed by atoms with E-state index in [0.717, 1.165) is 44.1 Å². The van der Waals surface area contributed by atoms with Gasteiger partial charge in [-0.3, -0.25) is 0 Å². The number of nitrogens with zero attached hydrogens (tertiary/aromatic N) is 3. The average Bonchev–Trinajstić information content (AvgIpc) is 2.39. The quantitative estimate of drug-likeness (QED) is 0.814. The summed E-state index contributed by atoms with van der Waals surface area (Å²) in [5.74, 6) is 1.07. The Balaban J connectivity index is 2.07. The van der Waals surface area contributed by atoms with E-state index in [0.29, 0.717) is 6.54 Å². The molecular formula is C12H20N4. The number of piperazine rings is 1. The Labute approximate surface area is 97.1 Å². The van der Waals surface area contributed by atoms with Crippen molar-refractivity contribution in [3.05, 3.63) is 23.9 Å². The second-order valence-corrected chi connectivity index (χ2v) is 4.11. The summed E-state index contributed by atoms with van der Waals surface area (Å²) in [5, 5.41) is 0. The third kappa shape index (κ3) is 2.33. The van der Waals surface area contributed by atoms with Gasteiger partial charge < -0.3 is 15.5 Å². The van der Waals surface area contributed by atoms with Crippen molar-refractivity contribution < 1.29 is 0 Å². The van der Waals surface area contributed by atoms with Gasteiger partial charge in [-0.05, 0) is 12.6 Å². The number of likely N-dealkylation sites (N-methyl/N-ethyl adjacent to an activating group) is 1. The molecule has 0 saturated carbocycles. The van der Waals surface area contributed by atoms with Crippen LogP contribution in [0.5, 0.6) is 0 Å². The van der Waals surface area contributed by atoms with Crippen LogP contribution in [0.3, 0.4) is 0 Å². The van der Waals surface area contributed by atoms with Crippen LogP contribution in [-0.2, 0) is 6.54 Å². The molecule has 1 fully saturated rings. The third-order valence-corrected chi connectivity index (χ3v) is 3.21. The molecule has 2 N–H and O–H groups in total. The van der Waals surface area contributed by atoms with Crippen molar-refractivity contribution in [2.75, 3.05) is 37.6 Å². The summed E-state index contributed by atoms with van der Waals surface area (Å²) in [6, 6.07) is 4.02. The van der Waals surface area contributed by atoms with Gasteiger partial charge in [0, 0.05) is 44.5 Å². The summed E-state index contributed by atoms with van der Waals surface area (Å²) in [6.45, 7) is 8.27. The Bertz CT molecular complexity index is 332. The number of anilines is 1. The summed E-state index contributed by atoms with van der Waals surface area (Å²) in [6.07, 6.45) is 1.85. The second kappa shape index (κ2) is 5.27. The zero-order valence-corrected chi connectivity index (χ0v) is 9.89. The summed E-state index contributed by atoms with van der Waals surface area (Å²) in [4.78, 5) is 9.25. The van der Waals surface area contributed by atoms with Gasteiger partial charge in [0.1, 0.15) is 5.82 Å². The van der Waals surface area contributed by atoms with Crippen LogP contribution in [0, 0.1) is 0 Å². The second-order valence-electron chi connectivity index (χ2n) is 4.11. The van der Waals surface area contributed by atoms with E-state index in [4.69, 9.17) is 5.73 Å². The van der Waals surface area contributed by atoms with Crippen molar-refractivity contribution in [1.82, 2.24) is 9.88 Å². The zero-order valence-electron chi connectivity index (χ0n) is 9.89. The molecule has 1 aromatic rings.